The second-order valence-electron chi connectivity index (χ2n) is 2.20. The average molecular weight is 140 g/mol. The molecule has 0 spiro atoms. The Labute approximate surface area is 60.8 Å². The summed E-state index contributed by atoms with van der Waals surface area (Å²) in [5, 5.41) is 3.89. The van der Waals surface area contributed by atoms with Gasteiger partial charge >= 0.3 is 0 Å². The van der Waals surface area contributed by atoms with Crippen molar-refractivity contribution in [2.24, 2.45) is 5.10 Å². The summed E-state index contributed by atoms with van der Waals surface area (Å²) in [6.45, 7) is 2.04. The van der Waals surface area contributed by atoms with Crippen LogP contribution in [-0.4, -0.2) is 19.0 Å². The van der Waals surface area contributed by atoms with Crippen LogP contribution in [0, 0.1) is 0 Å². The van der Waals surface area contributed by atoms with Gasteiger partial charge in [0.25, 0.3) is 0 Å². The summed E-state index contributed by atoms with van der Waals surface area (Å²) in [6, 6.07) is 0. The molecule has 1 aliphatic rings. The molecule has 0 bridgehead atoms. The maximum atomic E-state index is 5.22. The molecule has 56 valence electrons. The van der Waals surface area contributed by atoms with Gasteiger partial charge < -0.3 is 4.74 Å². The zero-order valence-corrected chi connectivity index (χ0v) is 6.29. The molecule has 0 saturated carbocycles. The Morgan fingerprint density at radius 1 is 1.70 bits per heavy atom. The molecule has 0 aromatic carbocycles. The van der Waals surface area contributed by atoms with Crippen LogP contribution < -0.4 is 5.43 Å². The molecule has 1 atom stereocenters. The summed E-state index contributed by atoms with van der Waals surface area (Å²) in [4.78, 5) is 0. The van der Waals surface area contributed by atoms with E-state index in [-0.39, 0.29) is 5.72 Å². The van der Waals surface area contributed by atoms with Gasteiger partial charge in [0, 0.05) is 13.3 Å². The molecule has 1 unspecified atom stereocenters. The molecule has 1 heterocycles. The lowest BCUT2D eigenvalue weighted by Crippen LogP contribution is -2.42. The van der Waals surface area contributed by atoms with Crippen LogP contribution in [0.2, 0.25) is 0 Å². The van der Waals surface area contributed by atoms with Gasteiger partial charge in [-0.2, -0.15) is 5.10 Å². The number of ether oxygens (including phenoxy) is 1. The monoisotopic (exact) mass is 140 g/mol. The van der Waals surface area contributed by atoms with Gasteiger partial charge in [0.2, 0.25) is 0 Å². The maximum Gasteiger partial charge on any atom is 0.172 e. The average Bonchev–Trinajstić information content (AvgIpc) is 2.06. The fourth-order valence-corrected chi connectivity index (χ4v) is 0.880. The number of hydrogen-bond donors (Lipinski definition) is 1. The molecule has 1 rings (SSSR count). The van der Waals surface area contributed by atoms with Crippen LogP contribution in [0.4, 0.5) is 0 Å². The van der Waals surface area contributed by atoms with Crippen molar-refractivity contribution in [1.29, 1.82) is 0 Å². The molecule has 0 aromatic rings. The highest BCUT2D eigenvalue weighted by atomic mass is 16.5. The van der Waals surface area contributed by atoms with E-state index in [0.717, 1.165) is 6.42 Å². The van der Waals surface area contributed by atoms with Gasteiger partial charge in [-0.15, -0.1) is 0 Å². The molecule has 0 amide bonds. The smallest absolute Gasteiger partial charge is 0.172 e. The summed E-state index contributed by atoms with van der Waals surface area (Å²) >= 11 is 0. The SMILES string of the molecule is CCC1(OC)C=CC=NN1. The molecule has 3 nitrogen and oxygen atoms in total. The van der Waals surface area contributed by atoms with E-state index in [4.69, 9.17) is 4.74 Å². The van der Waals surface area contributed by atoms with E-state index < -0.39 is 0 Å². The number of rotatable bonds is 2. The number of hydrazone groups is 1. The van der Waals surface area contributed by atoms with E-state index in [1.54, 1.807) is 13.3 Å². The summed E-state index contributed by atoms with van der Waals surface area (Å²) in [7, 11) is 1.67. The van der Waals surface area contributed by atoms with E-state index in [1.165, 1.54) is 0 Å². The zero-order valence-electron chi connectivity index (χ0n) is 6.29. The van der Waals surface area contributed by atoms with Gasteiger partial charge in [-0.05, 0) is 18.6 Å². The predicted octanol–water partition coefficient (Wildman–Crippen LogP) is 0.884. The molecule has 0 aliphatic carbocycles. The van der Waals surface area contributed by atoms with Gasteiger partial charge in [0.1, 0.15) is 0 Å². The Kier molecular flexibility index (Phi) is 2.06. The normalized spacial score (nSPS) is 30.2. The summed E-state index contributed by atoms with van der Waals surface area (Å²) in [6.07, 6.45) is 6.41. The van der Waals surface area contributed by atoms with Crippen molar-refractivity contribution in [1.82, 2.24) is 5.43 Å². The first-order valence-corrected chi connectivity index (χ1v) is 3.36. The van der Waals surface area contributed by atoms with Crippen molar-refractivity contribution < 1.29 is 4.74 Å². The lowest BCUT2D eigenvalue weighted by atomic mass is 10.1. The third-order valence-corrected chi connectivity index (χ3v) is 1.67. The van der Waals surface area contributed by atoms with E-state index in [0.29, 0.717) is 0 Å². The molecular formula is C7H12N2O. The van der Waals surface area contributed by atoms with Crippen LogP contribution in [-0.2, 0) is 4.74 Å². The van der Waals surface area contributed by atoms with Crippen molar-refractivity contribution in [3.05, 3.63) is 12.2 Å². The fourth-order valence-electron chi connectivity index (χ4n) is 0.880. The number of hydrogen-bond acceptors (Lipinski definition) is 3. The largest absolute Gasteiger partial charge is 0.354 e. The highest BCUT2D eigenvalue weighted by Crippen LogP contribution is 2.14. The minimum absolute atomic E-state index is 0.366. The van der Waals surface area contributed by atoms with Crippen LogP contribution in [0.5, 0.6) is 0 Å². The quantitative estimate of drug-likeness (QED) is 0.617. The summed E-state index contributed by atoms with van der Waals surface area (Å²) < 4.78 is 5.22. The van der Waals surface area contributed by atoms with Crippen molar-refractivity contribution >= 4 is 6.21 Å². The third kappa shape index (κ3) is 1.19. The van der Waals surface area contributed by atoms with Crippen molar-refractivity contribution in [2.75, 3.05) is 7.11 Å². The number of nitrogens with zero attached hydrogens (tertiary/aromatic N) is 1. The zero-order chi connectivity index (χ0) is 7.45. The molecule has 0 aromatic heterocycles. The second kappa shape index (κ2) is 2.84. The summed E-state index contributed by atoms with van der Waals surface area (Å²) in [5.74, 6) is 0. The molecule has 1 aliphatic heterocycles. The van der Waals surface area contributed by atoms with Gasteiger partial charge in [-0.25, -0.2) is 0 Å². The molecular weight excluding hydrogens is 128 g/mol. The minimum Gasteiger partial charge on any atom is -0.354 e. The van der Waals surface area contributed by atoms with Crippen LogP contribution in [0.25, 0.3) is 0 Å². The lowest BCUT2D eigenvalue weighted by Gasteiger charge is -2.28. The Morgan fingerprint density at radius 2 is 2.50 bits per heavy atom. The van der Waals surface area contributed by atoms with E-state index in [9.17, 15) is 0 Å². The maximum absolute atomic E-state index is 5.22. The first-order valence-electron chi connectivity index (χ1n) is 3.36. The molecule has 1 N–H and O–H groups in total. The molecule has 0 fully saturated rings. The lowest BCUT2D eigenvalue weighted by molar-refractivity contribution is -0.000432. The molecule has 10 heavy (non-hydrogen) atoms. The van der Waals surface area contributed by atoms with Gasteiger partial charge in [-0.3, -0.25) is 5.43 Å². The Morgan fingerprint density at radius 3 is 2.80 bits per heavy atom. The van der Waals surface area contributed by atoms with E-state index in [1.807, 2.05) is 19.1 Å². The van der Waals surface area contributed by atoms with Crippen molar-refractivity contribution in [3.63, 3.8) is 0 Å². The topological polar surface area (TPSA) is 33.6 Å². The molecule has 0 saturated heterocycles. The Balaban J connectivity index is 2.66. The minimum atomic E-state index is -0.366. The third-order valence-electron chi connectivity index (χ3n) is 1.67. The first kappa shape index (κ1) is 7.28. The highest BCUT2D eigenvalue weighted by Gasteiger charge is 2.23. The van der Waals surface area contributed by atoms with E-state index in [2.05, 4.69) is 10.5 Å². The fraction of sp³-hybridized carbons (Fsp3) is 0.571. The van der Waals surface area contributed by atoms with Gasteiger partial charge in [-0.1, -0.05) is 6.92 Å². The molecule has 0 radical (unpaired) electrons. The summed E-state index contributed by atoms with van der Waals surface area (Å²) in [5.41, 5.74) is 2.53. The van der Waals surface area contributed by atoms with Crippen LogP contribution in [0.1, 0.15) is 13.3 Å². The number of nitrogens with one attached hydrogen (secondary N) is 1. The standard InChI is InChI=1S/C7H12N2O/c1-3-7(10-2)5-4-6-8-9-7/h4-6,9H,3H2,1-2H3. The highest BCUT2D eigenvalue weighted by molar-refractivity contribution is 5.71. The van der Waals surface area contributed by atoms with Crippen LogP contribution >= 0.6 is 0 Å². The number of allylic oxidation sites excluding steroid dienone is 1. The van der Waals surface area contributed by atoms with Crippen LogP contribution in [0.3, 0.4) is 0 Å². The van der Waals surface area contributed by atoms with Crippen LogP contribution in [0.15, 0.2) is 17.3 Å². The van der Waals surface area contributed by atoms with Gasteiger partial charge in [0.05, 0.1) is 0 Å². The Hall–Kier alpha value is -0.830. The second-order valence-corrected chi connectivity index (χ2v) is 2.20. The van der Waals surface area contributed by atoms with Crippen molar-refractivity contribution in [2.45, 2.75) is 19.1 Å². The van der Waals surface area contributed by atoms with Crippen molar-refractivity contribution in [3.8, 4) is 0 Å². The predicted molar refractivity (Wildman–Crippen MR) is 40.8 cm³/mol. The van der Waals surface area contributed by atoms with Gasteiger partial charge in [0.15, 0.2) is 5.72 Å². The number of methoxy groups -OCH3 is 1. The molecule has 3 heteroatoms. The Bertz CT molecular complexity index is 159. The van der Waals surface area contributed by atoms with E-state index >= 15 is 0 Å². The first-order chi connectivity index (χ1) is 4.83.